The normalized spacial score (nSPS) is 11.8. The second-order valence-corrected chi connectivity index (χ2v) is 7.82. The number of hydrogen-bond acceptors (Lipinski definition) is 7. The first-order valence-electron chi connectivity index (χ1n) is 9.71. The maximum Gasteiger partial charge on any atom is 0.242 e. The summed E-state index contributed by atoms with van der Waals surface area (Å²) in [4.78, 5) is 22.7. The number of ether oxygens (including phenoxy) is 1. The van der Waals surface area contributed by atoms with E-state index < -0.39 is 6.04 Å². The van der Waals surface area contributed by atoms with E-state index in [2.05, 4.69) is 30.8 Å². The number of carbonyl (C=O) groups is 1. The Kier molecular flexibility index (Phi) is 6.65. The molecule has 0 aliphatic rings. The van der Waals surface area contributed by atoms with Gasteiger partial charge in [-0.05, 0) is 18.1 Å². The van der Waals surface area contributed by atoms with E-state index in [1.165, 1.54) is 7.11 Å². The molecule has 1 aromatic carbocycles. The van der Waals surface area contributed by atoms with Crippen LogP contribution in [0.5, 0.6) is 5.88 Å². The molecule has 0 spiro atoms. The molecular weight excluding hydrogens is 412 g/mol. The summed E-state index contributed by atoms with van der Waals surface area (Å²) in [6.45, 7) is 0.556. The van der Waals surface area contributed by atoms with Gasteiger partial charge in [-0.25, -0.2) is 4.98 Å². The number of aromatic nitrogens is 4. The highest BCUT2D eigenvalue weighted by Crippen LogP contribution is 2.28. The highest BCUT2D eigenvalue weighted by atomic mass is 32.1. The van der Waals surface area contributed by atoms with Crippen LogP contribution in [-0.2, 0) is 17.8 Å². The second-order valence-electron chi connectivity index (χ2n) is 6.85. The minimum absolute atomic E-state index is 0.169. The third-order valence-corrected chi connectivity index (χ3v) is 5.52. The number of benzene rings is 1. The molecular formula is C22H22N6O2S. The predicted molar refractivity (Wildman–Crippen MR) is 120 cm³/mol. The van der Waals surface area contributed by atoms with E-state index in [1.54, 1.807) is 41.6 Å². The Balaban J connectivity index is 1.55. The van der Waals surface area contributed by atoms with Crippen LogP contribution in [0.25, 0.3) is 11.1 Å². The lowest BCUT2D eigenvalue weighted by Gasteiger charge is -2.19. The zero-order valence-electron chi connectivity index (χ0n) is 16.9. The van der Waals surface area contributed by atoms with Crippen LogP contribution in [0.2, 0.25) is 0 Å². The molecule has 0 radical (unpaired) electrons. The van der Waals surface area contributed by atoms with Gasteiger partial charge in [0.15, 0.2) is 0 Å². The third-order valence-electron chi connectivity index (χ3n) is 4.74. The van der Waals surface area contributed by atoms with Crippen molar-refractivity contribution in [2.75, 3.05) is 12.4 Å². The van der Waals surface area contributed by atoms with Gasteiger partial charge in [-0.3, -0.25) is 14.9 Å². The molecule has 4 rings (SSSR count). The number of anilines is 1. The minimum Gasteiger partial charge on any atom is -0.480 e. The predicted octanol–water partition coefficient (Wildman–Crippen LogP) is 3.28. The van der Waals surface area contributed by atoms with Crippen molar-refractivity contribution >= 4 is 22.9 Å². The van der Waals surface area contributed by atoms with E-state index in [9.17, 15) is 4.79 Å². The number of rotatable bonds is 9. The van der Waals surface area contributed by atoms with Crippen molar-refractivity contribution in [3.05, 3.63) is 77.1 Å². The lowest BCUT2D eigenvalue weighted by Crippen LogP contribution is -2.41. The molecule has 1 atom stereocenters. The van der Waals surface area contributed by atoms with Crippen LogP contribution in [0.3, 0.4) is 0 Å². The minimum atomic E-state index is -0.452. The highest BCUT2D eigenvalue weighted by molar-refractivity contribution is 7.09. The van der Waals surface area contributed by atoms with Gasteiger partial charge in [-0.1, -0.05) is 30.3 Å². The number of hydrogen-bond donors (Lipinski definition) is 3. The van der Waals surface area contributed by atoms with E-state index in [4.69, 9.17) is 4.74 Å². The van der Waals surface area contributed by atoms with Crippen molar-refractivity contribution in [1.82, 2.24) is 25.5 Å². The van der Waals surface area contributed by atoms with Gasteiger partial charge in [-0.15, -0.1) is 11.3 Å². The zero-order chi connectivity index (χ0) is 21.5. The summed E-state index contributed by atoms with van der Waals surface area (Å²) in [6, 6.07) is 11.3. The summed E-state index contributed by atoms with van der Waals surface area (Å²) in [6.07, 6.45) is 7.50. The Hall–Kier alpha value is -3.56. The van der Waals surface area contributed by atoms with E-state index in [1.807, 2.05) is 36.4 Å². The summed E-state index contributed by atoms with van der Waals surface area (Å²) in [5.41, 5.74) is 5.04. The van der Waals surface area contributed by atoms with Gasteiger partial charge >= 0.3 is 0 Å². The van der Waals surface area contributed by atoms with Gasteiger partial charge in [0.2, 0.25) is 11.8 Å². The average molecular weight is 435 g/mol. The molecule has 4 aromatic rings. The molecule has 1 unspecified atom stereocenters. The van der Waals surface area contributed by atoms with Crippen LogP contribution < -0.4 is 15.4 Å². The third kappa shape index (κ3) is 5.33. The zero-order valence-corrected chi connectivity index (χ0v) is 17.7. The van der Waals surface area contributed by atoms with Crippen LogP contribution in [0, 0.1) is 0 Å². The molecule has 9 heteroatoms. The quantitative estimate of drug-likeness (QED) is 0.373. The van der Waals surface area contributed by atoms with Gasteiger partial charge in [-0.2, -0.15) is 5.10 Å². The van der Waals surface area contributed by atoms with Crippen molar-refractivity contribution in [3.8, 4) is 17.0 Å². The smallest absolute Gasteiger partial charge is 0.242 e. The first-order chi connectivity index (χ1) is 15.2. The first kappa shape index (κ1) is 20.7. The molecule has 3 aromatic heterocycles. The van der Waals surface area contributed by atoms with Crippen molar-refractivity contribution in [3.63, 3.8) is 0 Å². The van der Waals surface area contributed by atoms with Gasteiger partial charge in [0.05, 0.1) is 24.9 Å². The Morgan fingerprint density at radius 2 is 2.06 bits per heavy atom. The summed E-state index contributed by atoms with van der Waals surface area (Å²) >= 11 is 1.55. The summed E-state index contributed by atoms with van der Waals surface area (Å²) < 4.78 is 5.36. The average Bonchev–Trinajstić information content (AvgIpc) is 3.51. The van der Waals surface area contributed by atoms with Gasteiger partial charge in [0.25, 0.3) is 0 Å². The fourth-order valence-electron chi connectivity index (χ4n) is 3.15. The summed E-state index contributed by atoms with van der Waals surface area (Å²) in [5.74, 6) is 0.180. The number of nitrogens with zero attached hydrogens (tertiary/aromatic N) is 3. The molecule has 0 saturated heterocycles. The molecule has 8 nitrogen and oxygen atoms in total. The first-order valence-corrected chi connectivity index (χ1v) is 10.6. The van der Waals surface area contributed by atoms with Crippen molar-refractivity contribution in [2.24, 2.45) is 0 Å². The lowest BCUT2D eigenvalue weighted by atomic mass is 10.0. The molecule has 3 N–H and O–H groups in total. The van der Waals surface area contributed by atoms with Crippen LogP contribution in [0.4, 0.5) is 5.69 Å². The SMILES string of the molecule is COc1ncc(-c2cn[nH]c2)cc1NC(=O)C(Cc1ccccc1)NCc1cncs1. The standard InChI is InChI=1S/C22H22N6O2S/c1-30-22-20(8-16(9-25-22)17-10-26-27-11-17)28-21(29)19(7-15-5-3-2-4-6-15)24-13-18-12-23-14-31-18/h2-6,8-12,14,19,24H,7,13H2,1H3,(H,26,27)(H,28,29). The molecule has 0 saturated carbocycles. The molecule has 1 amide bonds. The van der Waals surface area contributed by atoms with Crippen molar-refractivity contribution in [2.45, 2.75) is 19.0 Å². The monoisotopic (exact) mass is 434 g/mol. The number of H-pyrrole nitrogens is 1. The van der Waals surface area contributed by atoms with Gasteiger partial charge < -0.3 is 15.4 Å². The number of methoxy groups -OCH3 is 1. The molecule has 31 heavy (non-hydrogen) atoms. The Bertz CT molecular complexity index is 1100. The summed E-state index contributed by atoms with van der Waals surface area (Å²) in [7, 11) is 1.53. The van der Waals surface area contributed by atoms with E-state index in [-0.39, 0.29) is 5.91 Å². The summed E-state index contributed by atoms with van der Waals surface area (Å²) in [5, 5.41) is 13.1. The van der Waals surface area contributed by atoms with Crippen LogP contribution in [0.1, 0.15) is 10.4 Å². The van der Waals surface area contributed by atoms with Crippen molar-refractivity contribution in [1.29, 1.82) is 0 Å². The number of carbonyl (C=O) groups excluding carboxylic acids is 1. The molecule has 0 aliphatic carbocycles. The van der Waals surface area contributed by atoms with Gasteiger partial charge in [0.1, 0.15) is 5.69 Å². The molecule has 0 bridgehead atoms. The number of pyridine rings is 1. The fourth-order valence-corrected chi connectivity index (χ4v) is 3.70. The molecule has 158 valence electrons. The number of amides is 1. The Morgan fingerprint density at radius 1 is 1.19 bits per heavy atom. The molecule has 0 fully saturated rings. The second kappa shape index (κ2) is 9.96. The number of aromatic amines is 1. The molecule has 3 heterocycles. The fraction of sp³-hybridized carbons (Fsp3) is 0.182. The van der Waals surface area contributed by atoms with Crippen LogP contribution >= 0.6 is 11.3 Å². The number of thiazole rings is 1. The Morgan fingerprint density at radius 3 is 2.77 bits per heavy atom. The molecule has 0 aliphatic heterocycles. The van der Waals surface area contributed by atoms with Gasteiger partial charge in [0, 0.05) is 41.1 Å². The topological polar surface area (TPSA) is 105 Å². The largest absolute Gasteiger partial charge is 0.480 e. The number of nitrogens with one attached hydrogen (secondary N) is 3. The van der Waals surface area contributed by atoms with E-state index >= 15 is 0 Å². The lowest BCUT2D eigenvalue weighted by molar-refractivity contribution is -0.118. The Labute approximate surface area is 183 Å². The van der Waals surface area contributed by atoms with E-state index in [0.717, 1.165) is 21.6 Å². The highest BCUT2D eigenvalue weighted by Gasteiger charge is 2.21. The van der Waals surface area contributed by atoms with Crippen molar-refractivity contribution < 1.29 is 9.53 Å². The van der Waals surface area contributed by atoms with Crippen LogP contribution in [-0.4, -0.2) is 39.2 Å². The van der Waals surface area contributed by atoms with E-state index in [0.29, 0.717) is 24.5 Å². The van der Waals surface area contributed by atoms with Crippen LogP contribution in [0.15, 0.2) is 66.7 Å². The maximum absolute atomic E-state index is 13.3. The maximum atomic E-state index is 13.3.